The summed E-state index contributed by atoms with van der Waals surface area (Å²) in [4.78, 5) is 156. The molecule has 8 amide bonds. The van der Waals surface area contributed by atoms with Gasteiger partial charge in [0, 0.05) is 80.3 Å². The molecule has 1 saturated heterocycles. The minimum Gasteiger partial charge on any atom is -0.410 e. The van der Waals surface area contributed by atoms with Crippen molar-refractivity contribution in [3.05, 3.63) is 23.3 Å². The number of aliphatic hydroxyl groups is 1. The van der Waals surface area contributed by atoms with Crippen molar-refractivity contribution in [1.29, 1.82) is 0 Å². The first-order valence-corrected chi connectivity index (χ1v) is 25.2. The highest BCUT2D eigenvalue weighted by Crippen LogP contribution is 2.37. The monoisotopic (exact) mass is 1010 g/mol. The van der Waals surface area contributed by atoms with Crippen molar-refractivity contribution in [3.8, 4) is 5.75 Å². The van der Waals surface area contributed by atoms with E-state index in [9.17, 15) is 57.8 Å². The lowest BCUT2D eigenvalue weighted by atomic mass is 9.86. The molecule has 1 fully saturated rings. The number of H-pyrrole nitrogens is 1. The SMILES string of the molecule is CCNC(=O)Oc1cc2[nH]c3c(c2cc1CC(=O)CC)C[C@@H]1CC(=O)[C@H](C(C)CC)NC(=O)[C@@H]2C[C@@H](O)CN2C(=O)[C@H](CC(N)=O)CC(=O)[C@H](CS3)NC(=O)CNC(=O)[C@H]([C@@H](C)CC)NC(=O)CNC1=O. The number of ketones is 3. The number of fused-ring (bicyclic) bond motifs is 5. The highest BCUT2D eigenvalue weighted by atomic mass is 32.2. The lowest BCUT2D eigenvalue weighted by Gasteiger charge is -2.31. The number of hydrogen-bond acceptors (Lipinski definition) is 14. The van der Waals surface area contributed by atoms with Crippen LogP contribution in [0.25, 0.3) is 10.9 Å². The van der Waals surface area contributed by atoms with Crippen LogP contribution in [0.1, 0.15) is 97.6 Å². The van der Waals surface area contributed by atoms with Crippen molar-refractivity contribution in [3.63, 3.8) is 0 Å². The predicted molar refractivity (Wildman–Crippen MR) is 258 cm³/mol. The largest absolute Gasteiger partial charge is 0.412 e. The van der Waals surface area contributed by atoms with E-state index in [1.807, 2.05) is 0 Å². The molecule has 4 heterocycles. The Kier molecular flexibility index (Phi) is 19.7. The van der Waals surface area contributed by atoms with E-state index in [0.29, 0.717) is 39.9 Å². The number of nitrogens with two attached hydrogens (primary N) is 1. The molecule has 23 heteroatoms. The number of rotatable bonds is 11. The first-order valence-electron chi connectivity index (χ1n) is 24.2. The van der Waals surface area contributed by atoms with Gasteiger partial charge in [0.25, 0.3) is 0 Å². The fraction of sp³-hybridized carbons (Fsp3) is 0.604. The Labute approximate surface area is 415 Å². The number of aromatic nitrogens is 1. The van der Waals surface area contributed by atoms with Gasteiger partial charge >= 0.3 is 6.09 Å². The smallest absolute Gasteiger partial charge is 0.410 e. The van der Waals surface area contributed by atoms with Crippen LogP contribution in [0.3, 0.4) is 0 Å². The summed E-state index contributed by atoms with van der Waals surface area (Å²) in [6.45, 7) is 8.99. The summed E-state index contributed by atoms with van der Waals surface area (Å²) >= 11 is 1.02. The second kappa shape index (κ2) is 25.2. The number of carbonyl (C=O) groups is 11. The Bertz CT molecular complexity index is 2410. The molecule has 3 aliphatic rings. The molecule has 1 aromatic carbocycles. The van der Waals surface area contributed by atoms with Gasteiger partial charge in [0.05, 0.1) is 47.7 Å². The van der Waals surface area contributed by atoms with Gasteiger partial charge in [-0.2, -0.15) is 0 Å². The Balaban J connectivity index is 1.77. The number of thioether (sulfide) groups is 1. The summed E-state index contributed by atoms with van der Waals surface area (Å²) in [6.07, 6.45) is -3.48. The van der Waals surface area contributed by atoms with Crippen molar-refractivity contribution in [2.24, 2.45) is 29.4 Å². The van der Waals surface area contributed by atoms with Gasteiger partial charge in [0.15, 0.2) is 11.6 Å². The molecule has 9 atom stereocenters. The second-order valence-corrected chi connectivity index (χ2v) is 19.6. The summed E-state index contributed by atoms with van der Waals surface area (Å²) in [7, 11) is 0. The number of hydrogen-bond donors (Lipinski definition) is 9. The van der Waals surface area contributed by atoms with Gasteiger partial charge in [-0.25, -0.2) is 4.79 Å². The van der Waals surface area contributed by atoms with Crippen molar-refractivity contribution in [2.45, 2.75) is 135 Å². The zero-order chi connectivity index (χ0) is 52.3. The number of benzene rings is 1. The number of aliphatic hydroxyl groups excluding tert-OH is 1. The molecular formula is C48H67N9O13S. The summed E-state index contributed by atoms with van der Waals surface area (Å²) < 4.78 is 5.67. The van der Waals surface area contributed by atoms with Crippen LogP contribution in [-0.2, 0) is 60.8 Å². The molecule has 0 spiro atoms. The molecule has 0 aliphatic carbocycles. The highest BCUT2D eigenvalue weighted by molar-refractivity contribution is 7.99. The molecule has 388 valence electrons. The van der Waals surface area contributed by atoms with Crippen LogP contribution in [-0.4, -0.2) is 142 Å². The molecule has 0 saturated carbocycles. The predicted octanol–water partition coefficient (Wildman–Crippen LogP) is 0.227. The van der Waals surface area contributed by atoms with Gasteiger partial charge in [-0.05, 0) is 36.8 Å². The topological polar surface area (TPSA) is 334 Å². The van der Waals surface area contributed by atoms with Crippen LogP contribution in [0.4, 0.5) is 4.79 Å². The fourth-order valence-electron chi connectivity index (χ4n) is 8.93. The molecule has 2 aromatic rings. The van der Waals surface area contributed by atoms with Crippen molar-refractivity contribution in [2.75, 3.05) is 31.9 Å². The first-order chi connectivity index (χ1) is 33.7. The maximum absolute atomic E-state index is 14.8. The van der Waals surface area contributed by atoms with Crippen LogP contribution >= 0.6 is 11.8 Å². The molecule has 5 rings (SSSR count). The lowest BCUT2D eigenvalue weighted by molar-refractivity contribution is -0.145. The van der Waals surface area contributed by atoms with E-state index in [1.165, 1.54) is 6.07 Å². The molecule has 71 heavy (non-hydrogen) atoms. The lowest BCUT2D eigenvalue weighted by Crippen LogP contribution is -2.55. The van der Waals surface area contributed by atoms with Crippen LogP contribution in [0.5, 0.6) is 5.75 Å². The summed E-state index contributed by atoms with van der Waals surface area (Å²) in [5.41, 5.74) is 6.69. The third kappa shape index (κ3) is 14.4. The average Bonchev–Trinajstić information content (AvgIpc) is 3.88. The Hall–Kier alpha value is -6.36. The van der Waals surface area contributed by atoms with E-state index < -0.39 is 145 Å². The van der Waals surface area contributed by atoms with Gasteiger partial charge in [-0.1, -0.05) is 47.5 Å². The normalized spacial score (nSPS) is 25.4. The molecule has 2 bridgehead atoms. The van der Waals surface area contributed by atoms with Gasteiger partial charge in [0.2, 0.25) is 41.4 Å². The van der Waals surface area contributed by atoms with E-state index >= 15 is 0 Å². The molecule has 1 unspecified atom stereocenters. The van der Waals surface area contributed by atoms with Crippen LogP contribution in [0.2, 0.25) is 0 Å². The number of amides is 8. The molecule has 0 radical (unpaired) electrons. The quantitative estimate of drug-likeness (QED) is 0.146. The van der Waals surface area contributed by atoms with Crippen LogP contribution in [0, 0.1) is 23.7 Å². The fourth-order valence-corrected chi connectivity index (χ4v) is 10.1. The third-order valence-electron chi connectivity index (χ3n) is 13.4. The van der Waals surface area contributed by atoms with E-state index in [0.717, 1.165) is 16.7 Å². The third-order valence-corrected chi connectivity index (χ3v) is 14.5. The summed E-state index contributed by atoms with van der Waals surface area (Å²) in [5.74, 6) is -11.1. The van der Waals surface area contributed by atoms with Crippen molar-refractivity contribution >= 4 is 87.5 Å². The Morgan fingerprint density at radius 1 is 0.845 bits per heavy atom. The second-order valence-electron chi connectivity index (χ2n) is 18.6. The molecular weight excluding hydrogens is 943 g/mol. The average molecular weight is 1010 g/mol. The van der Waals surface area contributed by atoms with E-state index in [1.54, 1.807) is 47.6 Å². The first kappa shape index (κ1) is 55.6. The van der Waals surface area contributed by atoms with Crippen LogP contribution < -0.4 is 42.4 Å². The van der Waals surface area contributed by atoms with Crippen molar-refractivity contribution in [1.82, 2.24) is 41.8 Å². The van der Waals surface area contributed by atoms with Crippen molar-refractivity contribution < 1.29 is 62.6 Å². The number of ether oxygens (including phenoxy) is 1. The summed E-state index contributed by atoms with van der Waals surface area (Å²) in [6, 6.07) is -2.05. The highest BCUT2D eigenvalue weighted by Gasteiger charge is 2.44. The molecule has 1 aromatic heterocycles. The number of Topliss-reactive ketones (excluding diaryl/α,β-unsaturated/α-hetero) is 3. The number of primary amides is 1. The molecule has 22 nitrogen and oxygen atoms in total. The van der Waals surface area contributed by atoms with E-state index in [-0.39, 0.29) is 56.1 Å². The summed E-state index contributed by atoms with van der Waals surface area (Å²) in [5, 5.41) is 27.3. The standard InChI is InChI=1S/C48H67N9O13S/c1-7-23(5)41-36(61)14-26-13-31-30-12-25(11-28(58)9-3)37(70-48(69)50-10-4)18-32(30)54-46(31)71-22-33(53-39(63)19-52-45(67)42(24(6)8-2)55-40(64)20-51-43(26)65)35(60)15-27(16-38(49)62)47(68)57-21-29(59)17-34(57)44(66)56-41/h12,18,23-24,26-27,29,33-34,41-42,54,59H,7-11,13-17,19-22H2,1-6H3,(H2,49,62)(H,50,69)(H,51,65)(H,52,67)(H,53,63)(H,55,64)(H,56,66)/t23?,24-,26+,27-,29+,33-,34-,41-,42-/m0/s1. The Morgan fingerprint density at radius 3 is 2.15 bits per heavy atom. The minimum absolute atomic E-state index is 0.0458. The number of nitrogens with one attached hydrogen (secondary N) is 7. The van der Waals surface area contributed by atoms with Gasteiger partial charge in [-0.15, -0.1) is 11.8 Å². The van der Waals surface area contributed by atoms with E-state index in [4.69, 9.17) is 10.5 Å². The number of nitrogens with zero attached hydrogens (tertiary/aromatic N) is 1. The zero-order valence-corrected chi connectivity index (χ0v) is 41.8. The van der Waals surface area contributed by atoms with Gasteiger partial charge in [-0.3, -0.25) is 47.9 Å². The zero-order valence-electron chi connectivity index (χ0n) is 41.0. The maximum atomic E-state index is 14.8. The number of carbonyl (C=O) groups excluding carboxylic acids is 11. The van der Waals surface area contributed by atoms with Gasteiger partial charge < -0.3 is 57.4 Å². The molecule has 10 N–H and O–H groups in total. The molecule has 3 aliphatic heterocycles. The van der Waals surface area contributed by atoms with E-state index in [2.05, 4.69) is 36.9 Å². The van der Waals surface area contributed by atoms with Gasteiger partial charge in [0.1, 0.15) is 23.6 Å². The Morgan fingerprint density at radius 2 is 1.51 bits per heavy atom. The van der Waals surface area contributed by atoms with Crippen LogP contribution in [0.15, 0.2) is 17.2 Å². The number of aromatic amines is 1. The maximum Gasteiger partial charge on any atom is 0.412 e. The minimum atomic E-state index is -1.46.